The number of nitrogens with one attached hydrogen (secondary N) is 1. The number of hydrogen-bond acceptors (Lipinski definition) is 3. The van der Waals surface area contributed by atoms with Crippen molar-refractivity contribution in [1.29, 1.82) is 0 Å². The number of nitrogens with zero attached hydrogens (tertiary/aromatic N) is 1. The Morgan fingerprint density at radius 3 is 2.63 bits per heavy atom. The van der Waals surface area contributed by atoms with E-state index in [1.807, 2.05) is 0 Å². The van der Waals surface area contributed by atoms with Gasteiger partial charge in [-0.1, -0.05) is 17.7 Å². The van der Waals surface area contributed by atoms with E-state index in [0.29, 0.717) is 0 Å². The van der Waals surface area contributed by atoms with Crippen molar-refractivity contribution in [3.8, 4) is 0 Å². The summed E-state index contributed by atoms with van der Waals surface area (Å²) in [4.78, 5) is 11.8. The maximum Gasteiger partial charge on any atom is 0.253 e. The fourth-order valence-electron chi connectivity index (χ4n) is 1.31. The van der Waals surface area contributed by atoms with Gasteiger partial charge in [-0.15, -0.1) is 6.58 Å². The van der Waals surface area contributed by atoms with Gasteiger partial charge in [0.25, 0.3) is 5.91 Å². The van der Waals surface area contributed by atoms with E-state index in [0.717, 1.165) is 4.31 Å². The standard InChI is InChI=1S/C12H15ClN2O3S/c1-4-7-14-12(16)10-8-9(5-6-11(10)13)19(17,18)15(2)3/h4-6,8H,1,7H2,2-3H3,(H,14,16). The number of carbonyl (C=O) groups excluding carboxylic acids is 1. The highest BCUT2D eigenvalue weighted by molar-refractivity contribution is 7.89. The molecule has 0 saturated heterocycles. The minimum Gasteiger partial charge on any atom is -0.349 e. The highest BCUT2D eigenvalue weighted by atomic mass is 35.5. The number of halogens is 1. The van der Waals surface area contributed by atoms with Crippen LogP contribution in [0.3, 0.4) is 0 Å². The lowest BCUT2D eigenvalue weighted by atomic mass is 10.2. The van der Waals surface area contributed by atoms with Crippen LogP contribution in [-0.4, -0.2) is 39.3 Å². The molecule has 1 rings (SSSR count). The zero-order valence-electron chi connectivity index (χ0n) is 10.7. The Morgan fingerprint density at radius 1 is 1.47 bits per heavy atom. The Bertz CT molecular complexity index is 597. The quantitative estimate of drug-likeness (QED) is 0.838. The molecule has 1 aromatic rings. The van der Waals surface area contributed by atoms with E-state index in [9.17, 15) is 13.2 Å². The lowest BCUT2D eigenvalue weighted by Crippen LogP contribution is -2.25. The number of benzene rings is 1. The van der Waals surface area contributed by atoms with Gasteiger partial charge in [0.2, 0.25) is 10.0 Å². The summed E-state index contributed by atoms with van der Waals surface area (Å²) in [5, 5.41) is 2.74. The maximum absolute atomic E-state index is 12.0. The van der Waals surface area contributed by atoms with Gasteiger partial charge >= 0.3 is 0 Å². The molecule has 0 heterocycles. The van der Waals surface area contributed by atoms with Gasteiger partial charge in [0.1, 0.15) is 0 Å². The molecule has 1 aromatic carbocycles. The van der Waals surface area contributed by atoms with Crippen LogP contribution in [-0.2, 0) is 10.0 Å². The molecule has 19 heavy (non-hydrogen) atoms. The average molecular weight is 303 g/mol. The first-order chi connectivity index (χ1) is 8.80. The first kappa shape index (κ1) is 15.7. The second-order valence-electron chi connectivity index (χ2n) is 3.93. The van der Waals surface area contributed by atoms with Gasteiger partial charge in [0, 0.05) is 20.6 Å². The minimum absolute atomic E-state index is 0.0191. The molecule has 0 unspecified atom stereocenters. The topological polar surface area (TPSA) is 66.5 Å². The molecule has 0 aliphatic rings. The van der Waals surface area contributed by atoms with Crippen molar-refractivity contribution >= 4 is 27.5 Å². The van der Waals surface area contributed by atoms with Crippen molar-refractivity contribution in [1.82, 2.24) is 9.62 Å². The van der Waals surface area contributed by atoms with Crippen LogP contribution in [0.25, 0.3) is 0 Å². The normalized spacial score (nSPS) is 11.4. The van der Waals surface area contributed by atoms with E-state index in [1.54, 1.807) is 0 Å². The predicted octanol–water partition coefficient (Wildman–Crippen LogP) is 1.51. The van der Waals surface area contributed by atoms with Crippen LogP contribution < -0.4 is 5.32 Å². The van der Waals surface area contributed by atoms with Gasteiger partial charge in [-0.25, -0.2) is 12.7 Å². The smallest absolute Gasteiger partial charge is 0.253 e. The van der Waals surface area contributed by atoms with Crippen LogP contribution in [0.4, 0.5) is 0 Å². The fourth-order valence-corrected chi connectivity index (χ4v) is 2.44. The number of sulfonamides is 1. The van der Waals surface area contributed by atoms with E-state index in [4.69, 9.17) is 11.6 Å². The van der Waals surface area contributed by atoms with Crippen LogP contribution in [0.15, 0.2) is 35.7 Å². The molecule has 0 atom stereocenters. The molecule has 0 bridgehead atoms. The lowest BCUT2D eigenvalue weighted by molar-refractivity contribution is 0.0958. The molecule has 0 saturated carbocycles. The SMILES string of the molecule is C=CCNC(=O)c1cc(S(=O)(=O)N(C)C)ccc1Cl. The summed E-state index contributed by atoms with van der Waals surface area (Å²) in [6.45, 7) is 3.76. The predicted molar refractivity (Wildman–Crippen MR) is 74.9 cm³/mol. The molecule has 0 radical (unpaired) electrons. The van der Waals surface area contributed by atoms with Crippen molar-refractivity contribution in [2.24, 2.45) is 0 Å². The third-order valence-electron chi connectivity index (χ3n) is 2.37. The molecule has 104 valence electrons. The monoisotopic (exact) mass is 302 g/mol. The van der Waals surface area contributed by atoms with Gasteiger partial charge < -0.3 is 5.32 Å². The third-order valence-corrected chi connectivity index (χ3v) is 4.51. The zero-order valence-corrected chi connectivity index (χ0v) is 12.3. The molecule has 0 aliphatic carbocycles. The lowest BCUT2D eigenvalue weighted by Gasteiger charge is -2.13. The highest BCUT2D eigenvalue weighted by Crippen LogP contribution is 2.22. The summed E-state index contributed by atoms with van der Waals surface area (Å²) < 4.78 is 25.0. The fraction of sp³-hybridized carbons (Fsp3) is 0.250. The Kier molecular flexibility index (Phi) is 5.11. The average Bonchev–Trinajstić information content (AvgIpc) is 2.36. The van der Waals surface area contributed by atoms with Crippen molar-refractivity contribution in [2.45, 2.75) is 4.90 Å². The Balaban J connectivity index is 3.22. The third kappa shape index (κ3) is 3.56. The molecule has 1 amide bonds. The van der Waals surface area contributed by atoms with Crippen molar-refractivity contribution in [3.05, 3.63) is 41.4 Å². The number of hydrogen-bond donors (Lipinski definition) is 1. The van der Waals surface area contributed by atoms with E-state index < -0.39 is 15.9 Å². The summed E-state index contributed by atoms with van der Waals surface area (Å²) in [5.74, 6) is -0.444. The molecular weight excluding hydrogens is 288 g/mol. The van der Waals surface area contributed by atoms with Crippen LogP contribution in [0.1, 0.15) is 10.4 Å². The van der Waals surface area contributed by atoms with Crippen LogP contribution in [0, 0.1) is 0 Å². The molecule has 5 nitrogen and oxygen atoms in total. The Hall–Kier alpha value is -1.37. The van der Waals surface area contributed by atoms with Gasteiger partial charge in [-0.3, -0.25) is 4.79 Å². The van der Waals surface area contributed by atoms with Crippen LogP contribution in [0.5, 0.6) is 0 Å². The summed E-state index contributed by atoms with van der Waals surface area (Å²) in [7, 11) is -0.760. The number of carbonyl (C=O) groups is 1. The Labute approximate surface area is 117 Å². The molecule has 1 N–H and O–H groups in total. The van der Waals surface area contributed by atoms with E-state index >= 15 is 0 Å². The molecular formula is C12H15ClN2O3S. The second kappa shape index (κ2) is 6.18. The van der Waals surface area contributed by atoms with Gasteiger partial charge in [0.15, 0.2) is 0 Å². The summed E-state index contributed by atoms with van der Waals surface area (Å²) in [6.07, 6.45) is 1.52. The van der Waals surface area contributed by atoms with Crippen LogP contribution in [0.2, 0.25) is 5.02 Å². The first-order valence-electron chi connectivity index (χ1n) is 5.42. The summed E-state index contributed by atoms with van der Waals surface area (Å²) >= 11 is 5.90. The highest BCUT2D eigenvalue weighted by Gasteiger charge is 2.20. The van der Waals surface area contributed by atoms with Gasteiger partial charge in [-0.2, -0.15) is 0 Å². The van der Waals surface area contributed by atoms with Gasteiger partial charge in [0.05, 0.1) is 15.5 Å². The number of amides is 1. The number of rotatable bonds is 5. The van der Waals surface area contributed by atoms with Crippen molar-refractivity contribution < 1.29 is 13.2 Å². The van der Waals surface area contributed by atoms with Crippen molar-refractivity contribution in [3.63, 3.8) is 0 Å². The molecule has 0 aliphatic heterocycles. The molecule has 0 fully saturated rings. The first-order valence-corrected chi connectivity index (χ1v) is 7.23. The zero-order chi connectivity index (χ0) is 14.6. The summed E-state index contributed by atoms with van der Waals surface area (Å²) in [5.41, 5.74) is 0.117. The molecule has 0 aromatic heterocycles. The Morgan fingerprint density at radius 2 is 2.11 bits per heavy atom. The molecule has 0 spiro atoms. The molecule has 7 heteroatoms. The van der Waals surface area contributed by atoms with E-state index in [1.165, 1.54) is 38.4 Å². The maximum atomic E-state index is 12.0. The summed E-state index contributed by atoms with van der Waals surface area (Å²) in [6, 6.07) is 4.01. The largest absolute Gasteiger partial charge is 0.349 e. The van der Waals surface area contributed by atoms with E-state index in [-0.39, 0.29) is 22.0 Å². The minimum atomic E-state index is -3.60. The van der Waals surface area contributed by atoms with E-state index in [2.05, 4.69) is 11.9 Å². The van der Waals surface area contributed by atoms with Gasteiger partial charge in [-0.05, 0) is 18.2 Å². The van der Waals surface area contributed by atoms with Crippen LogP contribution >= 0.6 is 11.6 Å². The second-order valence-corrected chi connectivity index (χ2v) is 6.49. The van der Waals surface area contributed by atoms with Crippen molar-refractivity contribution in [2.75, 3.05) is 20.6 Å².